The summed E-state index contributed by atoms with van der Waals surface area (Å²) in [7, 11) is 0. The van der Waals surface area contributed by atoms with Gasteiger partial charge in [0.15, 0.2) is 13.6 Å². The van der Waals surface area contributed by atoms with Crippen LogP contribution in [0.15, 0.2) is 30.3 Å². The molecule has 0 saturated carbocycles. The summed E-state index contributed by atoms with van der Waals surface area (Å²) < 4.78 is 15.2. The van der Waals surface area contributed by atoms with Gasteiger partial charge in [0.1, 0.15) is 0 Å². The predicted octanol–water partition coefficient (Wildman–Crippen LogP) is 2.01. The maximum Gasteiger partial charge on any atom is 0.280 e. The highest BCUT2D eigenvalue weighted by Gasteiger charge is 2.34. The fourth-order valence-electron chi connectivity index (χ4n) is 1.11. The van der Waals surface area contributed by atoms with E-state index in [0.717, 1.165) is 5.56 Å². The van der Waals surface area contributed by atoms with Gasteiger partial charge in [0, 0.05) is 5.56 Å². The Bertz CT molecular complexity index is 269. The molecule has 2 rings (SSSR count). The van der Waals surface area contributed by atoms with Crippen LogP contribution in [0.4, 0.5) is 0 Å². The molecule has 1 aromatic rings. The second-order valence-corrected chi connectivity index (χ2v) is 3.13. The highest BCUT2D eigenvalue weighted by atomic mass is 35.5. The molecule has 0 unspecified atom stereocenters. The fraction of sp³-hybridized carbons (Fsp3) is 0.333. The molecule has 1 aromatic carbocycles. The van der Waals surface area contributed by atoms with Crippen LogP contribution in [0.3, 0.4) is 0 Å². The van der Waals surface area contributed by atoms with E-state index in [1.54, 1.807) is 0 Å². The van der Waals surface area contributed by atoms with E-state index in [9.17, 15) is 0 Å². The van der Waals surface area contributed by atoms with Crippen LogP contribution in [0, 0.1) is 0 Å². The van der Waals surface area contributed by atoms with E-state index in [1.807, 2.05) is 30.3 Å². The van der Waals surface area contributed by atoms with Gasteiger partial charge in [-0.25, -0.2) is 0 Å². The van der Waals surface area contributed by atoms with Crippen LogP contribution >= 0.6 is 11.6 Å². The highest BCUT2D eigenvalue weighted by Crippen LogP contribution is 2.33. The van der Waals surface area contributed by atoms with Crippen LogP contribution in [-0.2, 0) is 19.5 Å². The summed E-state index contributed by atoms with van der Waals surface area (Å²) in [4.78, 5) is 0. The lowest BCUT2D eigenvalue weighted by Crippen LogP contribution is -2.33. The molecule has 13 heavy (non-hydrogen) atoms. The zero-order valence-corrected chi connectivity index (χ0v) is 7.66. The Kier molecular flexibility index (Phi) is 2.51. The van der Waals surface area contributed by atoms with Gasteiger partial charge >= 0.3 is 0 Å². The van der Waals surface area contributed by atoms with Crippen molar-refractivity contribution in [2.24, 2.45) is 0 Å². The quantitative estimate of drug-likeness (QED) is 0.650. The standard InChI is InChI=1S/C9H9ClO3/c10-9(12-6-11-7-13-9)8-4-2-1-3-5-8/h1-5H,6-7H2. The summed E-state index contributed by atoms with van der Waals surface area (Å²) in [6.45, 7) is 0.302. The van der Waals surface area contributed by atoms with Gasteiger partial charge in [0.25, 0.3) is 5.25 Å². The third-order valence-electron chi connectivity index (χ3n) is 1.77. The summed E-state index contributed by atoms with van der Waals surface area (Å²) >= 11 is 6.08. The van der Waals surface area contributed by atoms with Crippen molar-refractivity contribution in [1.29, 1.82) is 0 Å². The molecule has 0 amide bonds. The maximum atomic E-state index is 6.08. The van der Waals surface area contributed by atoms with Crippen molar-refractivity contribution < 1.29 is 14.2 Å². The van der Waals surface area contributed by atoms with E-state index in [0.29, 0.717) is 0 Å². The fourth-order valence-corrected chi connectivity index (χ4v) is 1.33. The maximum absolute atomic E-state index is 6.08. The second-order valence-electron chi connectivity index (χ2n) is 2.63. The summed E-state index contributed by atoms with van der Waals surface area (Å²) in [5, 5.41) is -1.18. The van der Waals surface area contributed by atoms with Crippen molar-refractivity contribution in [2.75, 3.05) is 13.6 Å². The predicted molar refractivity (Wildman–Crippen MR) is 47.0 cm³/mol. The molecule has 1 heterocycles. The van der Waals surface area contributed by atoms with Gasteiger partial charge in [-0.3, -0.25) is 0 Å². The SMILES string of the molecule is ClC1(c2ccccc2)OCOCO1. The molecule has 0 radical (unpaired) electrons. The van der Waals surface area contributed by atoms with E-state index in [-0.39, 0.29) is 13.6 Å². The largest absolute Gasteiger partial charge is 0.329 e. The third kappa shape index (κ3) is 1.84. The molecule has 0 aromatic heterocycles. The van der Waals surface area contributed by atoms with Gasteiger partial charge in [-0.2, -0.15) is 0 Å². The number of alkyl halides is 1. The first-order chi connectivity index (χ1) is 6.31. The molecule has 1 aliphatic heterocycles. The molecule has 70 valence electrons. The van der Waals surface area contributed by atoms with E-state index >= 15 is 0 Å². The van der Waals surface area contributed by atoms with Gasteiger partial charge in [-0.15, -0.1) is 0 Å². The lowest BCUT2D eigenvalue weighted by molar-refractivity contribution is -0.328. The number of hydrogen-bond donors (Lipinski definition) is 0. The number of benzene rings is 1. The molecule has 0 aliphatic carbocycles. The number of halogens is 1. The van der Waals surface area contributed by atoms with Gasteiger partial charge in [-0.05, 0) is 0 Å². The average Bonchev–Trinajstić information content (AvgIpc) is 2.20. The molecular weight excluding hydrogens is 192 g/mol. The zero-order chi connectivity index (χ0) is 9.15. The van der Waals surface area contributed by atoms with Crippen molar-refractivity contribution in [3.63, 3.8) is 0 Å². The van der Waals surface area contributed by atoms with Crippen LogP contribution in [0.5, 0.6) is 0 Å². The summed E-state index contributed by atoms with van der Waals surface area (Å²) in [5.41, 5.74) is 0.778. The van der Waals surface area contributed by atoms with Gasteiger partial charge < -0.3 is 14.2 Å². The lowest BCUT2D eigenvalue weighted by atomic mass is 10.2. The van der Waals surface area contributed by atoms with Crippen LogP contribution in [0.25, 0.3) is 0 Å². The second kappa shape index (κ2) is 3.64. The van der Waals surface area contributed by atoms with Gasteiger partial charge in [0.05, 0.1) is 0 Å². The molecule has 0 spiro atoms. The normalized spacial score (nSPS) is 21.3. The summed E-state index contributed by atoms with van der Waals surface area (Å²) in [5.74, 6) is 0. The molecule has 1 aliphatic rings. The monoisotopic (exact) mass is 200 g/mol. The van der Waals surface area contributed by atoms with Crippen LogP contribution in [0.2, 0.25) is 0 Å². The Labute approximate surface area is 81.2 Å². The van der Waals surface area contributed by atoms with Crippen LogP contribution in [0.1, 0.15) is 5.56 Å². The molecule has 3 nitrogen and oxygen atoms in total. The van der Waals surface area contributed by atoms with Gasteiger partial charge in [-0.1, -0.05) is 41.9 Å². The van der Waals surface area contributed by atoms with E-state index in [4.69, 9.17) is 25.8 Å². The van der Waals surface area contributed by atoms with E-state index in [1.165, 1.54) is 0 Å². The number of rotatable bonds is 1. The third-order valence-corrected chi connectivity index (χ3v) is 2.21. The Morgan fingerprint density at radius 3 is 2.31 bits per heavy atom. The first-order valence-corrected chi connectivity index (χ1v) is 4.29. The smallest absolute Gasteiger partial charge is 0.280 e. The summed E-state index contributed by atoms with van der Waals surface area (Å²) in [6, 6.07) is 9.35. The van der Waals surface area contributed by atoms with Crippen LogP contribution < -0.4 is 0 Å². The number of ether oxygens (including phenoxy) is 3. The van der Waals surface area contributed by atoms with Crippen molar-refractivity contribution in [2.45, 2.75) is 5.25 Å². The average molecular weight is 201 g/mol. The molecule has 0 bridgehead atoms. The van der Waals surface area contributed by atoms with E-state index in [2.05, 4.69) is 0 Å². The minimum Gasteiger partial charge on any atom is -0.329 e. The highest BCUT2D eigenvalue weighted by molar-refractivity contribution is 6.22. The molecule has 1 fully saturated rings. The van der Waals surface area contributed by atoms with Crippen molar-refractivity contribution in [3.8, 4) is 0 Å². The van der Waals surface area contributed by atoms with Crippen LogP contribution in [-0.4, -0.2) is 13.6 Å². The topological polar surface area (TPSA) is 27.7 Å². The first-order valence-electron chi connectivity index (χ1n) is 3.91. The molecule has 0 N–H and O–H groups in total. The van der Waals surface area contributed by atoms with Gasteiger partial charge in [0.2, 0.25) is 0 Å². The molecular formula is C9H9ClO3. The van der Waals surface area contributed by atoms with E-state index < -0.39 is 5.25 Å². The number of hydrogen-bond acceptors (Lipinski definition) is 3. The minimum absolute atomic E-state index is 0.151. The minimum atomic E-state index is -1.18. The Morgan fingerprint density at radius 2 is 1.69 bits per heavy atom. The summed E-state index contributed by atoms with van der Waals surface area (Å²) in [6.07, 6.45) is 0. The van der Waals surface area contributed by atoms with Crippen molar-refractivity contribution in [1.82, 2.24) is 0 Å². The van der Waals surface area contributed by atoms with Crippen molar-refractivity contribution in [3.05, 3.63) is 35.9 Å². The first kappa shape index (κ1) is 8.97. The Morgan fingerprint density at radius 1 is 1.08 bits per heavy atom. The molecule has 1 saturated heterocycles. The lowest BCUT2D eigenvalue weighted by Gasteiger charge is -2.31. The Hall–Kier alpha value is -0.610. The molecule has 4 heteroatoms. The van der Waals surface area contributed by atoms with Crippen molar-refractivity contribution >= 4 is 11.6 Å². The molecule has 0 atom stereocenters. The zero-order valence-electron chi connectivity index (χ0n) is 6.90. The Balaban J connectivity index is 2.23.